The van der Waals surface area contributed by atoms with Gasteiger partial charge in [0.1, 0.15) is 17.2 Å². The molecule has 0 bridgehead atoms. The van der Waals surface area contributed by atoms with Gasteiger partial charge in [-0.15, -0.1) is 0 Å². The molecule has 1 saturated carbocycles. The summed E-state index contributed by atoms with van der Waals surface area (Å²) in [5.74, 6) is 0.963. The van der Waals surface area contributed by atoms with E-state index in [1.54, 1.807) is 30.0 Å². The number of hydrogen-bond acceptors (Lipinski definition) is 5. The van der Waals surface area contributed by atoms with Crippen molar-refractivity contribution < 1.29 is 19.1 Å². The number of hydrogen-bond donors (Lipinski definition) is 1. The Labute approximate surface area is 204 Å². The largest absolute Gasteiger partial charge is 0.497 e. The molecule has 1 N–H and O–H groups in total. The molecular formula is C27H30N4O4. The van der Waals surface area contributed by atoms with Crippen molar-refractivity contribution in [1.82, 2.24) is 20.0 Å². The quantitative estimate of drug-likeness (QED) is 0.565. The zero-order chi connectivity index (χ0) is 24.4. The molecule has 1 aliphatic carbocycles. The first-order valence-electron chi connectivity index (χ1n) is 12.0. The molecule has 2 amide bonds. The molecule has 182 valence electrons. The lowest BCUT2D eigenvalue weighted by molar-refractivity contribution is -0.126. The number of rotatable bonds is 7. The van der Waals surface area contributed by atoms with Crippen LogP contribution < -0.4 is 14.8 Å². The van der Waals surface area contributed by atoms with E-state index >= 15 is 0 Å². The summed E-state index contributed by atoms with van der Waals surface area (Å²) < 4.78 is 12.7. The van der Waals surface area contributed by atoms with Crippen LogP contribution >= 0.6 is 0 Å². The first kappa shape index (κ1) is 23.0. The van der Waals surface area contributed by atoms with Crippen LogP contribution in [0.15, 0.2) is 54.7 Å². The van der Waals surface area contributed by atoms with Gasteiger partial charge in [-0.3, -0.25) is 9.59 Å². The van der Waals surface area contributed by atoms with E-state index in [-0.39, 0.29) is 17.7 Å². The van der Waals surface area contributed by atoms with Gasteiger partial charge in [0.25, 0.3) is 5.91 Å². The van der Waals surface area contributed by atoms with E-state index in [0.717, 1.165) is 31.4 Å². The molecular weight excluding hydrogens is 444 g/mol. The summed E-state index contributed by atoms with van der Waals surface area (Å²) >= 11 is 0. The van der Waals surface area contributed by atoms with Crippen LogP contribution in [0.25, 0.3) is 16.9 Å². The van der Waals surface area contributed by atoms with E-state index in [2.05, 4.69) is 5.32 Å². The zero-order valence-corrected chi connectivity index (χ0v) is 20.1. The van der Waals surface area contributed by atoms with E-state index in [1.165, 1.54) is 0 Å². The molecule has 2 aliphatic rings. The highest BCUT2D eigenvalue weighted by Gasteiger charge is 2.34. The number of methoxy groups -OCH3 is 2. The number of nitrogens with one attached hydrogen (secondary N) is 1. The minimum Gasteiger partial charge on any atom is -0.497 e. The molecule has 8 heteroatoms. The van der Waals surface area contributed by atoms with Gasteiger partial charge in [0, 0.05) is 30.9 Å². The van der Waals surface area contributed by atoms with Crippen LogP contribution in [-0.4, -0.2) is 59.8 Å². The SMILES string of the molecule is COc1ccc(OC)c(-c2nn(-c3ccccc3)cc2C(=O)N2CCCC(C(=O)NC3CC3)C2)c1. The molecule has 2 fully saturated rings. The number of para-hydroxylation sites is 1. The van der Waals surface area contributed by atoms with Crippen LogP contribution in [0, 0.1) is 5.92 Å². The van der Waals surface area contributed by atoms with Gasteiger partial charge in [0.2, 0.25) is 5.91 Å². The molecule has 1 atom stereocenters. The van der Waals surface area contributed by atoms with Crippen molar-refractivity contribution in [3.8, 4) is 28.4 Å². The molecule has 2 aromatic carbocycles. The van der Waals surface area contributed by atoms with Crippen molar-refractivity contribution in [2.75, 3.05) is 27.3 Å². The maximum atomic E-state index is 13.9. The number of carbonyl (C=O) groups is 2. The average Bonchev–Trinajstić information content (AvgIpc) is 3.62. The number of amides is 2. The van der Waals surface area contributed by atoms with Crippen LogP contribution in [-0.2, 0) is 4.79 Å². The molecule has 2 heterocycles. The van der Waals surface area contributed by atoms with Crippen LogP contribution in [0.5, 0.6) is 11.5 Å². The van der Waals surface area contributed by atoms with Crippen molar-refractivity contribution in [1.29, 1.82) is 0 Å². The molecule has 1 unspecified atom stereocenters. The number of aromatic nitrogens is 2. The van der Waals surface area contributed by atoms with E-state index in [4.69, 9.17) is 14.6 Å². The number of piperidine rings is 1. The molecule has 0 radical (unpaired) electrons. The monoisotopic (exact) mass is 474 g/mol. The summed E-state index contributed by atoms with van der Waals surface area (Å²) in [6.45, 7) is 1.01. The highest BCUT2D eigenvalue weighted by molar-refractivity contribution is 6.01. The van der Waals surface area contributed by atoms with Crippen LogP contribution in [0.1, 0.15) is 36.0 Å². The van der Waals surface area contributed by atoms with Gasteiger partial charge in [-0.2, -0.15) is 5.10 Å². The Bertz CT molecular complexity index is 1220. The Morgan fingerprint density at radius 3 is 2.54 bits per heavy atom. The standard InChI is InChI=1S/C27H30N4O4/c1-34-21-12-13-24(35-2)22(15-21)25-23(17-31(29-25)20-8-4-3-5-9-20)27(33)30-14-6-7-18(16-30)26(32)28-19-10-11-19/h3-5,8-9,12-13,15,17-19H,6-7,10-11,14,16H2,1-2H3,(H,28,32). The van der Waals surface area contributed by atoms with Crippen molar-refractivity contribution in [3.05, 3.63) is 60.3 Å². The molecule has 8 nitrogen and oxygen atoms in total. The summed E-state index contributed by atoms with van der Waals surface area (Å²) in [7, 11) is 3.19. The minimum absolute atomic E-state index is 0.0552. The average molecular weight is 475 g/mol. The Kier molecular flexibility index (Phi) is 6.44. The zero-order valence-electron chi connectivity index (χ0n) is 20.1. The highest BCUT2D eigenvalue weighted by Crippen LogP contribution is 2.36. The maximum Gasteiger partial charge on any atom is 0.257 e. The molecule has 35 heavy (non-hydrogen) atoms. The van der Waals surface area contributed by atoms with E-state index in [1.807, 2.05) is 48.5 Å². The number of likely N-dealkylation sites (tertiary alicyclic amines) is 1. The van der Waals surface area contributed by atoms with Crippen LogP contribution in [0.3, 0.4) is 0 Å². The lowest BCUT2D eigenvalue weighted by atomic mass is 9.96. The lowest BCUT2D eigenvalue weighted by Crippen LogP contribution is -2.45. The second-order valence-electron chi connectivity index (χ2n) is 9.11. The minimum atomic E-state index is -0.188. The summed E-state index contributed by atoms with van der Waals surface area (Å²) in [6, 6.07) is 15.4. The third-order valence-electron chi connectivity index (χ3n) is 6.63. The van der Waals surface area contributed by atoms with Crippen LogP contribution in [0.2, 0.25) is 0 Å². The predicted octanol–water partition coefficient (Wildman–Crippen LogP) is 3.69. The smallest absolute Gasteiger partial charge is 0.257 e. The Hall–Kier alpha value is -3.81. The molecule has 5 rings (SSSR count). The first-order chi connectivity index (χ1) is 17.1. The summed E-state index contributed by atoms with van der Waals surface area (Å²) in [5, 5.41) is 7.90. The number of ether oxygens (including phenoxy) is 2. The second kappa shape index (κ2) is 9.82. The van der Waals surface area contributed by atoms with Crippen molar-refractivity contribution >= 4 is 11.8 Å². The third kappa shape index (κ3) is 4.87. The van der Waals surface area contributed by atoms with Gasteiger partial charge in [-0.25, -0.2) is 4.68 Å². The molecule has 0 spiro atoms. The van der Waals surface area contributed by atoms with Gasteiger partial charge in [0.05, 0.1) is 31.4 Å². The lowest BCUT2D eigenvalue weighted by Gasteiger charge is -2.32. The topological polar surface area (TPSA) is 85.7 Å². The van der Waals surface area contributed by atoms with Gasteiger partial charge in [-0.1, -0.05) is 18.2 Å². The Balaban J connectivity index is 1.51. The Morgan fingerprint density at radius 2 is 1.83 bits per heavy atom. The van der Waals surface area contributed by atoms with Crippen LogP contribution in [0.4, 0.5) is 0 Å². The number of carbonyl (C=O) groups excluding carboxylic acids is 2. The molecule has 3 aromatic rings. The van der Waals surface area contributed by atoms with E-state index in [9.17, 15) is 9.59 Å². The van der Waals surface area contributed by atoms with Gasteiger partial charge in [0.15, 0.2) is 0 Å². The van der Waals surface area contributed by atoms with Gasteiger partial charge >= 0.3 is 0 Å². The second-order valence-corrected chi connectivity index (χ2v) is 9.11. The summed E-state index contributed by atoms with van der Waals surface area (Å²) in [5.41, 5.74) is 2.49. The van der Waals surface area contributed by atoms with Gasteiger partial charge in [-0.05, 0) is 56.0 Å². The first-order valence-corrected chi connectivity index (χ1v) is 12.0. The Morgan fingerprint density at radius 1 is 1.03 bits per heavy atom. The summed E-state index contributed by atoms with van der Waals surface area (Å²) in [6.07, 6.45) is 5.44. The molecule has 1 saturated heterocycles. The normalized spacial score (nSPS) is 17.7. The van der Waals surface area contributed by atoms with E-state index < -0.39 is 0 Å². The molecule has 1 aromatic heterocycles. The molecule has 1 aliphatic heterocycles. The van der Waals surface area contributed by atoms with Crippen molar-refractivity contribution in [2.24, 2.45) is 5.92 Å². The maximum absolute atomic E-state index is 13.9. The number of nitrogens with zero attached hydrogens (tertiary/aromatic N) is 3. The van der Waals surface area contributed by atoms with E-state index in [0.29, 0.717) is 47.5 Å². The van der Waals surface area contributed by atoms with Crippen molar-refractivity contribution in [2.45, 2.75) is 31.7 Å². The van der Waals surface area contributed by atoms with Gasteiger partial charge < -0.3 is 19.7 Å². The number of benzene rings is 2. The fourth-order valence-corrected chi connectivity index (χ4v) is 4.53. The predicted molar refractivity (Wildman–Crippen MR) is 132 cm³/mol. The highest BCUT2D eigenvalue weighted by atomic mass is 16.5. The fraction of sp³-hybridized carbons (Fsp3) is 0.370. The fourth-order valence-electron chi connectivity index (χ4n) is 4.53. The third-order valence-corrected chi connectivity index (χ3v) is 6.63. The summed E-state index contributed by atoms with van der Waals surface area (Å²) in [4.78, 5) is 28.3. The van der Waals surface area contributed by atoms with Crippen molar-refractivity contribution in [3.63, 3.8) is 0 Å².